The van der Waals surface area contributed by atoms with E-state index < -0.39 is 17.7 Å². The van der Waals surface area contributed by atoms with E-state index in [9.17, 15) is 14.7 Å². The molecular weight excluding hydrogens is 464 g/mol. The predicted molar refractivity (Wildman–Crippen MR) is 144 cm³/mol. The second-order valence-corrected chi connectivity index (χ2v) is 10.3. The highest BCUT2D eigenvalue weighted by atomic mass is 16.5. The number of rotatable bonds is 8. The van der Waals surface area contributed by atoms with E-state index in [2.05, 4.69) is 32.7 Å². The number of hydrogen-bond acceptors (Lipinski definition) is 5. The summed E-state index contributed by atoms with van der Waals surface area (Å²) in [5.41, 5.74) is 4.12. The van der Waals surface area contributed by atoms with Crippen LogP contribution >= 0.6 is 0 Å². The topological polar surface area (TPSA) is 79.7 Å². The molecule has 0 spiro atoms. The minimum absolute atomic E-state index is 0.0847. The van der Waals surface area contributed by atoms with Crippen molar-refractivity contribution in [3.05, 3.63) is 100 Å². The Labute approximate surface area is 218 Å². The van der Waals surface area contributed by atoms with Crippen LogP contribution in [0.4, 0.5) is 0 Å². The van der Waals surface area contributed by atoms with Crippen LogP contribution in [0, 0.1) is 12.8 Å². The number of nitrogens with zero attached hydrogens (tertiary/aromatic N) is 2. The van der Waals surface area contributed by atoms with Gasteiger partial charge in [0, 0.05) is 24.5 Å². The smallest absolute Gasteiger partial charge is 0.295 e. The van der Waals surface area contributed by atoms with Gasteiger partial charge >= 0.3 is 0 Å². The van der Waals surface area contributed by atoms with Gasteiger partial charge in [0.25, 0.3) is 11.7 Å². The van der Waals surface area contributed by atoms with Crippen LogP contribution < -0.4 is 4.74 Å². The van der Waals surface area contributed by atoms with Gasteiger partial charge in [0.2, 0.25) is 0 Å². The molecule has 1 aliphatic rings. The van der Waals surface area contributed by atoms with E-state index in [-0.39, 0.29) is 17.9 Å². The maximum Gasteiger partial charge on any atom is 0.295 e. The first kappa shape index (κ1) is 26.1. The van der Waals surface area contributed by atoms with Gasteiger partial charge in [0.15, 0.2) is 0 Å². The molecule has 1 amide bonds. The highest BCUT2D eigenvalue weighted by molar-refractivity contribution is 6.46. The maximum atomic E-state index is 13.4. The molecule has 4 rings (SSSR count). The van der Waals surface area contributed by atoms with Crippen molar-refractivity contribution in [2.24, 2.45) is 5.92 Å². The fourth-order valence-corrected chi connectivity index (χ4v) is 4.51. The summed E-state index contributed by atoms with van der Waals surface area (Å²) < 4.78 is 5.87. The van der Waals surface area contributed by atoms with E-state index in [1.165, 1.54) is 4.90 Å². The van der Waals surface area contributed by atoms with Gasteiger partial charge in [-0.1, -0.05) is 58.0 Å². The fourth-order valence-electron chi connectivity index (χ4n) is 4.51. The highest BCUT2D eigenvalue weighted by Gasteiger charge is 2.46. The molecule has 1 atom stereocenters. The van der Waals surface area contributed by atoms with Crippen molar-refractivity contribution in [3.8, 4) is 5.75 Å². The molecule has 37 heavy (non-hydrogen) atoms. The second kappa shape index (κ2) is 11.0. The summed E-state index contributed by atoms with van der Waals surface area (Å²) in [6.45, 7) is 11.1. The number of pyridine rings is 1. The summed E-state index contributed by atoms with van der Waals surface area (Å²) >= 11 is 0. The number of aryl methyl sites for hydroxylation is 1. The zero-order chi connectivity index (χ0) is 26.7. The quantitative estimate of drug-likeness (QED) is 0.228. The number of hydrogen-bond donors (Lipinski definition) is 1. The average Bonchev–Trinajstić information content (AvgIpc) is 3.13. The second-order valence-electron chi connectivity index (χ2n) is 10.3. The minimum atomic E-state index is -0.724. The van der Waals surface area contributed by atoms with E-state index in [1.807, 2.05) is 37.3 Å². The Morgan fingerprint density at radius 1 is 1.05 bits per heavy atom. The summed E-state index contributed by atoms with van der Waals surface area (Å²) in [5.74, 6) is -0.0822. The van der Waals surface area contributed by atoms with E-state index in [4.69, 9.17) is 4.74 Å². The molecule has 1 aromatic heterocycles. The summed E-state index contributed by atoms with van der Waals surface area (Å²) in [5, 5.41) is 11.4. The Hall–Kier alpha value is -3.93. The van der Waals surface area contributed by atoms with Crippen molar-refractivity contribution in [1.29, 1.82) is 0 Å². The first-order chi connectivity index (χ1) is 17.7. The van der Waals surface area contributed by atoms with Crippen molar-refractivity contribution in [2.75, 3.05) is 6.61 Å². The van der Waals surface area contributed by atoms with Gasteiger partial charge in [0.1, 0.15) is 11.5 Å². The third-order valence-corrected chi connectivity index (χ3v) is 6.56. The van der Waals surface area contributed by atoms with Crippen LogP contribution in [-0.4, -0.2) is 33.3 Å². The number of Topliss-reactive ketones (excluding diaryl/α,β-unsaturated/α-hetero) is 1. The lowest BCUT2D eigenvalue weighted by molar-refractivity contribution is -0.140. The van der Waals surface area contributed by atoms with Crippen LogP contribution in [0.5, 0.6) is 5.75 Å². The number of ketones is 1. The van der Waals surface area contributed by atoms with Crippen LogP contribution in [0.15, 0.2) is 72.6 Å². The van der Waals surface area contributed by atoms with Crippen molar-refractivity contribution >= 4 is 17.4 Å². The molecule has 1 aliphatic heterocycles. The van der Waals surface area contributed by atoms with E-state index >= 15 is 0 Å². The molecule has 0 aliphatic carbocycles. The van der Waals surface area contributed by atoms with Crippen LogP contribution in [0.1, 0.15) is 67.5 Å². The summed E-state index contributed by atoms with van der Waals surface area (Å²) in [7, 11) is 0. The molecule has 192 valence electrons. The van der Waals surface area contributed by atoms with Gasteiger partial charge in [-0.05, 0) is 65.3 Å². The standard InChI is InChI=1S/C31H34N2O4/c1-19(2)18-37-26-13-12-25(15-21(26)5)29(34)27-28(24-10-8-23(9-11-24)20(3)4)33(31(36)30(27)35)17-22-7-6-14-32-16-22/h6-16,19-20,28,34H,17-18H2,1-5H3/b29-27-. The fraction of sp³-hybridized carbons (Fsp3) is 0.323. The Bertz CT molecular complexity index is 1310. The van der Waals surface area contributed by atoms with Crippen molar-refractivity contribution in [1.82, 2.24) is 9.88 Å². The molecule has 1 N–H and O–H groups in total. The summed E-state index contributed by atoms with van der Waals surface area (Å²) in [4.78, 5) is 32.3. The highest BCUT2D eigenvalue weighted by Crippen LogP contribution is 2.41. The van der Waals surface area contributed by atoms with Gasteiger partial charge in [-0.2, -0.15) is 0 Å². The zero-order valence-electron chi connectivity index (χ0n) is 22.1. The number of ether oxygens (including phenoxy) is 1. The van der Waals surface area contributed by atoms with E-state index in [0.29, 0.717) is 24.0 Å². The van der Waals surface area contributed by atoms with E-state index in [0.717, 1.165) is 28.0 Å². The number of carbonyl (C=O) groups excluding carboxylic acids is 2. The van der Waals surface area contributed by atoms with Gasteiger partial charge in [-0.25, -0.2) is 0 Å². The molecule has 1 saturated heterocycles. The van der Waals surface area contributed by atoms with Crippen LogP contribution in [-0.2, 0) is 16.1 Å². The predicted octanol–water partition coefficient (Wildman–Crippen LogP) is 6.17. The molecule has 2 heterocycles. The van der Waals surface area contributed by atoms with Crippen LogP contribution in [0.2, 0.25) is 0 Å². The van der Waals surface area contributed by atoms with Gasteiger partial charge in [0.05, 0.1) is 18.2 Å². The first-order valence-corrected chi connectivity index (χ1v) is 12.7. The number of carbonyl (C=O) groups is 2. The van der Waals surface area contributed by atoms with Gasteiger partial charge < -0.3 is 14.7 Å². The number of benzene rings is 2. The van der Waals surface area contributed by atoms with Gasteiger partial charge in [-0.15, -0.1) is 0 Å². The minimum Gasteiger partial charge on any atom is -0.507 e. The monoisotopic (exact) mass is 498 g/mol. The number of amides is 1. The van der Waals surface area contributed by atoms with Crippen LogP contribution in [0.3, 0.4) is 0 Å². The molecule has 6 nitrogen and oxygen atoms in total. The maximum absolute atomic E-state index is 13.4. The van der Waals surface area contributed by atoms with E-state index in [1.54, 1.807) is 36.7 Å². The van der Waals surface area contributed by atoms with Crippen molar-refractivity contribution < 1.29 is 19.4 Å². The summed E-state index contributed by atoms with van der Waals surface area (Å²) in [6, 6.07) is 16.1. The van der Waals surface area contributed by atoms with Crippen molar-refractivity contribution in [3.63, 3.8) is 0 Å². The number of aliphatic hydroxyl groups excluding tert-OH is 1. The SMILES string of the molecule is Cc1cc(/C(O)=C2/C(=O)C(=O)N(Cc3cccnc3)C2c2ccc(C(C)C)cc2)ccc1OCC(C)C. The Morgan fingerprint density at radius 2 is 1.78 bits per heavy atom. The lowest BCUT2D eigenvalue weighted by Gasteiger charge is -2.25. The molecular formula is C31H34N2O4. The largest absolute Gasteiger partial charge is 0.507 e. The van der Waals surface area contributed by atoms with Crippen molar-refractivity contribution in [2.45, 2.75) is 53.1 Å². The van der Waals surface area contributed by atoms with Crippen LogP contribution in [0.25, 0.3) is 5.76 Å². The molecule has 1 fully saturated rings. The zero-order valence-corrected chi connectivity index (χ0v) is 22.1. The molecule has 0 bridgehead atoms. The average molecular weight is 499 g/mol. The summed E-state index contributed by atoms with van der Waals surface area (Å²) in [6.07, 6.45) is 3.34. The molecule has 2 aromatic carbocycles. The molecule has 0 radical (unpaired) electrons. The number of aliphatic hydroxyl groups is 1. The Balaban J connectivity index is 1.79. The lowest BCUT2D eigenvalue weighted by atomic mass is 9.93. The molecule has 3 aromatic rings. The number of aromatic nitrogens is 1. The third-order valence-electron chi connectivity index (χ3n) is 6.56. The number of likely N-dealkylation sites (tertiary alicyclic amines) is 1. The molecule has 1 unspecified atom stereocenters. The van der Waals surface area contributed by atoms with Gasteiger partial charge in [-0.3, -0.25) is 14.6 Å². The Kier molecular flexibility index (Phi) is 7.77. The normalized spacial score (nSPS) is 17.2. The Morgan fingerprint density at radius 3 is 2.38 bits per heavy atom. The molecule has 6 heteroatoms. The lowest BCUT2D eigenvalue weighted by Crippen LogP contribution is -2.29. The third kappa shape index (κ3) is 5.58. The first-order valence-electron chi connectivity index (χ1n) is 12.7. The molecule has 0 saturated carbocycles.